The summed E-state index contributed by atoms with van der Waals surface area (Å²) in [6.07, 6.45) is 3.69. The highest BCUT2D eigenvalue weighted by Crippen LogP contribution is 2.27. The number of nitrogens with one attached hydrogen (secondary N) is 1. The summed E-state index contributed by atoms with van der Waals surface area (Å²) in [5.41, 5.74) is 4.13. The molecule has 0 atom stereocenters. The van der Waals surface area contributed by atoms with Crippen molar-refractivity contribution in [2.24, 2.45) is 0 Å². The van der Waals surface area contributed by atoms with E-state index in [1.54, 1.807) is 0 Å². The fourth-order valence-electron chi connectivity index (χ4n) is 2.54. The molecule has 1 aliphatic carbocycles. The van der Waals surface area contributed by atoms with Crippen LogP contribution in [-0.4, -0.2) is 14.8 Å². The predicted octanol–water partition coefficient (Wildman–Crippen LogP) is 3.12. The van der Waals surface area contributed by atoms with Crippen molar-refractivity contribution < 1.29 is 0 Å². The Hall–Kier alpha value is -1.42. The number of rotatable bonds is 2. The van der Waals surface area contributed by atoms with E-state index in [0.717, 1.165) is 12.4 Å². The quantitative estimate of drug-likeness (QED) is 0.825. The Bertz CT molecular complexity index is 609. The molecular formula is C13H15N3S. The van der Waals surface area contributed by atoms with Gasteiger partial charge in [-0.3, -0.25) is 5.10 Å². The molecule has 0 unspecified atom stereocenters. The summed E-state index contributed by atoms with van der Waals surface area (Å²) in [5.74, 6) is 0.951. The van der Waals surface area contributed by atoms with Gasteiger partial charge in [-0.05, 0) is 55.6 Å². The summed E-state index contributed by atoms with van der Waals surface area (Å²) < 4.78 is 2.73. The molecule has 0 fully saturated rings. The van der Waals surface area contributed by atoms with Crippen LogP contribution in [-0.2, 0) is 19.4 Å². The average molecular weight is 245 g/mol. The zero-order valence-electron chi connectivity index (χ0n) is 9.86. The van der Waals surface area contributed by atoms with Crippen LogP contribution in [0, 0.1) is 4.77 Å². The number of aromatic nitrogens is 3. The molecule has 4 heteroatoms. The number of benzene rings is 1. The highest BCUT2D eigenvalue weighted by Gasteiger charge is 2.14. The van der Waals surface area contributed by atoms with Gasteiger partial charge in [0.05, 0.1) is 0 Å². The minimum atomic E-state index is 0.697. The molecule has 0 amide bonds. The van der Waals surface area contributed by atoms with E-state index >= 15 is 0 Å². The normalized spacial score (nSPS) is 13.9. The first kappa shape index (κ1) is 10.7. The van der Waals surface area contributed by atoms with Crippen LogP contribution in [0.15, 0.2) is 18.2 Å². The number of aryl methyl sites for hydroxylation is 2. The second-order valence-corrected chi connectivity index (χ2v) is 4.82. The van der Waals surface area contributed by atoms with Gasteiger partial charge < -0.3 is 4.57 Å². The van der Waals surface area contributed by atoms with Crippen LogP contribution in [0.1, 0.15) is 24.5 Å². The lowest BCUT2D eigenvalue weighted by Gasteiger charge is -2.05. The van der Waals surface area contributed by atoms with E-state index in [1.165, 1.54) is 36.0 Å². The van der Waals surface area contributed by atoms with Crippen molar-refractivity contribution in [3.8, 4) is 11.4 Å². The Balaban J connectivity index is 2.12. The third kappa shape index (κ3) is 1.72. The lowest BCUT2D eigenvalue weighted by molar-refractivity contribution is 0.755. The number of hydrogen-bond donors (Lipinski definition) is 1. The molecule has 0 saturated heterocycles. The number of aromatic amines is 1. The Morgan fingerprint density at radius 2 is 2.18 bits per heavy atom. The molecule has 0 saturated carbocycles. The molecule has 1 aliphatic rings. The lowest BCUT2D eigenvalue weighted by atomic mass is 10.1. The molecule has 3 nitrogen and oxygen atoms in total. The van der Waals surface area contributed by atoms with E-state index in [0.29, 0.717) is 4.77 Å². The maximum absolute atomic E-state index is 5.22. The van der Waals surface area contributed by atoms with Crippen LogP contribution in [0.2, 0.25) is 0 Å². The van der Waals surface area contributed by atoms with Crippen LogP contribution in [0.25, 0.3) is 11.4 Å². The van der Waals surface area contributed by atoms with Crippen LogP contribution in [0.4, 0.5) is 0 Å². The van der Waals surface area contributed by atoms with Crippen molar-refractivity contribution in [2.45, 2.75) is 32.7 Å². The summed E-state index contributed by atoms with van der Waals surface area (Å²) in [6.45, 7) is 2.93. The topological polar surface area (TPSA) is 33.6 Å². The average Bonchev–Trinajstić information content (AvgIpc) is 2.93. The summed E-state index contributed by atoms with van der Waals surface area (Å²) >= 11 is 5.22. The fraction of sp³-hybridized carbons (Fsp3) is 0.385. The SMILES string of the molecule is CCn1c(-c2ccc3c(c2)CCC3)n[nH]c1=S. The molecule has 0 aliphatic heterocycles. The molecule has 1 aromatic carbocycles. The third-order valence-corrected chi connectivity index (χ3v) is 3.74. The van der Waals surface area contributed by atoms with E-state index in [1.807, 2.05) is 4.57 Å². The second kappa shape index (κ2) is 4.11. The highest BCUT2D eigenvalue weighted by atomic mass is 32.1. The first-order valence-electron chi connectivity index (χ1n) is 6.07. The van der Waals surface area contributed by atoms with E-state index in [-0.39, 0.29) is 0 Å². The first-order chi connectivity index (χ1) is 8.29. The predicted molar refractivity (Wildman–Crippen MR) is 70.5 cm³/mol. The van der Waals surface area contributed by atoms with Crippen molar-refractivity contribution in [2.75, 3.05) is 0 Å². The molecule has 88 valence electrons. The Morgan fingerprint density at radius 1 is 1.35 bits per heavy atom. The van der Waals surface area contributed by atoms with Gasteiger partial charge in [-0.1, -0.05) is 12.1 Å². The fourth-order valence-corrected chi connectivity index (χ4v) is 2.80. The van der Waals surface area contributed by atoms with Gasteiger partial charge in [0.15, 0.2) is 10.6 Å². The molecule has 1 N–H and O–H groups in total. The zero-order chi connectivity index (χ0) is 11.8. The minimum Gasteiger partial charge on any atom is -0.300 e. The molecule has 17 heavy (non-hydrogen) atoms. The second-order valence-electron chi connectivity index (χ2n) is 4.43. The molecule has 3 rings (SSSR count). The van der Waals surface area contributed by atoms with Crippen molar-refractivity contribution in [3.05, 3.63) is 34.1 Å². The summed E-state index contributed by atoms with van der Waals surface area (Å²) in [4.78, 5) is 0. The molecule has 1 aromatic heterocycles. The number of hydrogen-bond acceptors (Lipinski definition) is 2. The maximum Gasteiger partial charge on any atom is 0.195 e. The van der Waals surface area contributed by atoms with Gasteiger partial charge >= 0.3 is 0 Å². The maximum atomic E-state index is 5.22. The third-order valence-electron chi connectivity index (χ3n) is 3.43. The van der Waals surface area contributed by atoms with Gasteiger partial charge in [-0.25, -0.2) is 0 Å². The highest BCUT2D eigenvalue weighted by molar-refractivity contribution is 7.71. The van der Waals surface area contributed by atoms with Crippen molar-refractivity contribution in [1.29, 1.82) is 0 Å². The smallest absolute Gasteiger partial charge is 0.195 e. The van der Waals surface area contributed by atoms with Crippen LogP contribution >= 0.6 is 12.2 Å². The molecule has 0 bridgehead atoms. The number of H-pyrrole nitrogens is 1. The van der Waals surface area contributed by atoms with E-state index in [2.05, 4.69) is 35.3 Å². The summed E-state index contributed by atoms with van der Waals surface area (Å²) in [7, 11) is 0. The Morgan fingerprint density at radius 3 is 3.00 bits per heavy atom. The van der Waals surface area contributed by atoms with E-state index in [9.17, 15) is 0 Å². The van der Waals surface area contributed by atoms with E-state index < -0.39 is 0 Å². The van der Waals surface area contributed by atoms with E-state index in [4.69, 9.17) is 12.2 Å². The molecule has 0 spiro atoms. The van der Waals surface area contributed by atoms with Gasteiger partial charge in [0.25, 0.3) is 0 Å². The van der Waals surface area contributed by atoms with Gasteiger partial charge in [0.2, 0.25) is 0 Å². The van der Waals surface area contributed by atoms with Crippen molar-refractivity contribution in [3.63, 3.8) is 0 Å². The lowest BCUT2D eigenvalue weighted by Crippen LogP contribution is -1.98. The monoisotopic (exact) mass is 245 g/mol. The van der Waals surface area contributed by atoms with Crippen LogP contribution in [0.5, 0.6) is 0 Å². The molecule has 2 aromatic rings. The first-order valence-corrected chi connectivity index (χ1v) is 6.48. The molecule has 0 radical (unpaired) electrons. The largest absolute Gasteiger partial charge is 0.300 e. The summed E-state index contributed by atoms with van der Waals surface area (Å²) in [6, 6.07) is 6.65. The standard InChI is InChI=1S/C13H15N3S/c1-2-16-12(14-15-13(16)17)11-7-6-9-4-3-5-10(9)8-11/h6-8H,2-5H2,1H3,(H,15,17). The number of fused-ring (bicyclic) bond motifs is 1. The van der Waals surface area contributed by atoms with Gasteiger partial charge in [0.1, 0.15) is 0 Å². The zero-order valence-corrected chi connectivity index (χ0v) is 10.7. The van der Waals surface area contributed by atoms with Crippen LogP contribution in [0.3, 0.4) is 0 Å². The van der Waals surface area contributed by atoms with Crippen LogP contribution < -0.4 is 0 Å². The molecule has 1 heterocycles. The van der Waals surface area contributed by atoms with Gasteiger partial charge in [0, 0.05) is 12.1 Å². The molecular weight excluding hydrogens is 230 g/mol. The van der Waals surface area contributed by atoms with Crippen molar-refractivity contribution in [1.82, 2.24) is 14.8 Å². The minimum absolute atomic E-state index is 0.697. The number of nitrogens with zero attached hydrogens (tertiary/aromatic N) is 2. The van der Waals surface area contributed by atoms with Crippen molar-refractivity contribution >= 4 is 12.2 Å². The van der Waals surface area contributed by atoms with Gasteiger partial charge in [-0.2, -0.15) is 5.10 Å². The van der Waals surface area contributed by atoms with Gasteiger partial charge in [-0.15, -0.1) is 0 Å². The summed E-state index contributed by atoms with van der Waals surface area (Å²) in [5, 5.41) is 7.20. The Kier molecular flexibility index (Phi) is 2.59. The Labute approximate surface area is 105 Å².